The van der Waals surface area contributed by atoms with Crippen molar-refractivity contribution in [2.45, 2.75) is 25.1 Å². The van der Waals surface area contributed by atoms with Crippen LogP contribution >= 0.6 is 0 Å². The number of nitrogens with zero attached hydrogens (tertiary/aromatic N) is 2. The van der Waals surface area contributed by atoms with E-state index in [2.05, 4.69) is 15.4 Å². The third-order valence-electron chi connectivity index (χ3n) is 1.86. The van der Waals surface area contributed by atoms with Crippen LogP contribution in [0.25, 0.3) is 0 Å². The van der Waals surface area contributed by atoms with Crippen LogP contribution in [0.15, 0.2) is 18.6 Å². The average Bonchev–Trinajstić information content (AvgIpc) is 2.19. The molecule has 3 N–H and O–H groups in total. The lowest BCUT2D eigenvalue weighted by Crippen LogP contribution is -2.29. The summed E-state index contributed by atoms with van der Waals surface area (Å²) < 4.78 is 35.9. The summed E-state index contributed by atoms with van der Waals surface area (Å²) in [4.78, 5) is 7.64. The van der Waals surface area contributed by atoms with Gasteiger partial charge in [0.05, 0.1) is 17.9 Å². The minimum absolute atomic E-state index is 0.154. The fourth-order valence-corrected chi connectivity index (χ4v) is 1.12. The van der Waals surface area contributed by atoms with Gasteiger partial charge in [-0.05, 0) is 6.42 Å². The molecule has 84 valence electrons. The molecule has 4 nitrogen and oxygen atoms in total. The van der Waals surface area contributed by atoms with Gasteiger partial charge in [0.25, 0.3) is 0 Å². The summed E-state index contributed by atoms with van der Waals surface area (Å²) in [7, 11) is 0. The highest BCUT2D eigenvalue weighted by Crippen LogP contribution is 2.26. The molecule has 1 unspecified atom stereocenters. The van der Waals surface area contributed by atoms with E-state index in [1.807, 2.05) is 0 Å². The molecule has 0 radical (unpaired) electrons. The van der Waals surface area contributed by atoms with Crippen molar-refractivity contribution in [3.8, 4) is 0 Å². The van der Waals surface area contributed by atoms with E-state index in [0.717, 1.165) is 0 Å². The summed E-state index contributed by atoms with van der Waals surface area (Å²) in [5.41, 5.74) is 2.70. The number of alkyl halides is 3. The quantitative estimate of drug-likeness (QED) is 0.593. The van der Waals surface area contributed by atoms with Gasteiger partial charge in [0.15, 0.2) is 0 Å². The van der Waals surface area contributed by atoms with Crippen molar-refractivity contribution in [3.63, 3.8) is 0 Å². The molecule has 0 aliphatic heterocycles. The molecule has 15 heavy (non-hydrogen) atoms. The Morgan fingerprint density at radius 3 is 2.60 bits per heavy atom. The minimum Gasteiger partial charge on any atom is -0.271 e. The summed E-state index contributed by atoms with van der Waals surface area (Å²) in [5, 5.41) is 0. The van der Waals surface area contributed by atoms with Gasteiger partial charge in [0, 0.05) is 18.8 Å². The van der Waals surface area contributed by atoms with Crippen LogP contribution in [0.5, 0.6) is 0 Å². The number of aromatic nitrogens is 2. The number of hydrogen-bond acceptors (Lipinski definition) is 4. The summed E-state index contributed by atoms with van der Waals surface area (Å²) in [6.45, 7) is 0. The zero-order valence-electron chi connectivity index (χ0n) is 7.83. The molecule has 0 spiro atoms. The van der Waals surface area contributed by atoms with Crippen LogP contribution in [0.1, 0.15) is 24.6 Å². The summed E-state index contributed by atoms with van der Waals surface area (Å²) >= 11 is 0. The number of halogens is 3. The van der Waals surface area contributed by atoms with E-state index in [0.29, 0.717) is 5.69 Å². The third kappa shape index (κ3) is 4.22. The van der Waals surface area contributed by atoms with Crippen molar-refractivity contribution >= 4 is 0 Å². The van der Waals surface area contributed by atoms with E-state index in [4.69, 9.17) is 5.84 Å². The van der Waals surface area contributed by atoms with Crippen LogP contribution < -0.4 is 11.3 Å². The zero-order valence-corrected chi connectivity index (χ0v) is 7.83. The standard InChI is InChI=1S/C8H11F3N4/c9-8(10,11)2-1-6(15-12)7-5-13-3-4-14-7/h3-6,15H,1-2,12H2. The van der Waals surface area contributed by atoms with Crippen LogP contribution in [0.4, 0.5) is 13.2 Å². The lowest BCUT2D eigenvalue weighted by Gasteiger charge is -2.15. The van der Waals surface area contributed by atoms with Gasteiger partial charge < -0.3 is 0 Å². The van der Waals surface area contributed by atoms with Crippen LogP contribution in [0.3, 0.4) is 0 Å². The van der Waals surface area contributed by atoms with Crippen molar-refractivity contribution in [1.82, 2.24) is 15.4 Å². The SMILES string of the molecule is NNC(CCC(F)(F)F)c1cnccn1. The number of hydrazine groups is 1. The lowest BCUT2D eigenvalue weighted by atomic mass is 10.1. The topological polar surface area (TPSA) is 63.8 Å². The van der Waals surface area contributed by atoms with E-state index in [1.54, 1.807) is 0 Å². The maximum absolute atomic E-state index is 12.0. The molecule has 0 bridgehead atoms. The predicted molar refractivity (Wildman–Crippen MR) is 47.4 cm³/mol. The lowest BCUT2D eigenvalue weighted by molar-refractivity contribution is -0.136. The van der Waals surface area contributed by atoms with Crippen molar-refractivity contribution in [2.24, 2.45) is 5.84 Å². The monoisotopic (exact) mass is 220 g/mol. The second-order valence-electron chi connectivity index (χ2n) is 3.00. The molecule has 1 atom stereocenters. The maximum atomic E-state index is 12.0. The number of hydrogen-bond donors (Lipinski definition) is 2. The smallest absolute Gasteiger partial charge is 0.271 e. The maximum Gasteiger partial charge on any atom is 0.389 e. The Hall–Kier alpha value is -1.21. The molecule has 7 heteroatoms. The number of nitrogens with one attached hydrogen (secondary N) is 1. The molecular weight excluding hydrogens is 209 g/mol. The second-order valence-corrected chi connectivity index (χ2v) is 3.00. The number of rotatable bonds is 4. The van der Waals surface area contributed by atoms with Crippen molar-refractivity contribution in [2.75, 3.05) is 0 Å². The van der Waals surface area contributed by atoms with E-state index in [-0.39, 0.29) is 6.42 Å². The molecule has 0 saturated heterocycles. The van der Waals surface area contributed by atoms with Crippen molar-refractivity contribution < 1.29 is 13.2 Å². The Balaban J connectivity index is 2.58. The van der Waals surface area contributed by atoms with Gasteiger partial charge in [-0.15, -0.1) is 0 Å². The highest BCUT2D eigenvalue weighted by molar-refractivity contribution is 5.01. The van der Waals surface area contributed by atoms with Crippen LogP contribution in [0, 0.1) is 0 Å². The van der Waals surface area contributed by atoms with Gasteiger partial charge in [0.2, 0.25) is 0 Å². The minimum atomic E-state index is -4.18. The van der Waals surface area contributed by atoms with Gasteiger partial charge in [-0.1, -0.05) is 0 Å². The Bertz CT molecular complexity index is 288. The fourth-order valence-electron chi connectivity index (χ4n) is 1.12. The molecule has 0 amide bonds. The van der Waals surface area contributed by atoms with Crippen molar-refractivity contribution in [3.05, 3.63) is 24.3 Å². The predicted octanol–water partition coefficient (Wildman–Crippen LogP) is 1.32. The van der Waals surface area contributed by atoms with Gasteiger partial charge in [-0.3, -0.25) is 21.2 Å². The average molecular weight is 220 g/mol. The number of nitrogens with two attached hydrogens (primary N) is 1. The van der Waals surface area contributed by atoms with Crippen LogP contribution in [-0.2, 0) is 0 Å². The first-order chi connectivity index (χ1) is 7.03. The normalized spacial score (nSPS) is 13.9. The first-order valence-electron chi connectivity index (χ1n) is 4.31. The first-order valence-corrected chi connectivity index (χ1v) is 4.31. The molecule has 0 aliphatic carbocycles. The van der Waals surface area contributed by atoms with Gasteiger partial charge in [-0.2, -0.15) is 13.2 Å². The second kappa shape index (κ2) is 5.04. The molecule has 1 heterocycles. The Morgan fingerprint density at radius 2 is 2.13 bits per heavy atom. The zero-order chi connectivity index (χ0) is 11.3. The van der Waals surface area contributed by atoms with Gasteiger partial charge in [-0.25, -0.2) is 0 Å². The van der Waals surface area contributed by atoms with Crippen molar-refractivity contribution in [1.29, 1.82) is 0 Å². The summed E-state index contributed by atoms with van der Waals surface area (Å²) in [6.07, 6.45) is -0.997. The Labute approximate surface area is 84.7 Å². The van der Waals surface area contributed by atoms with Crippen LogP contribution in [-0.4, -0.2) is 16.1 Å². The molecular formula is C8H11F3N4. The molecule has 1 aromatic rings. The summed E-state index contributed by atoms with van der Waals surface area (Å²) in [5.74, 6) is 5.15. The van der Waals surface area contributed by atoms with E-state index in [9.17, 15) is 13.2 Å². The molecule has 0 aromatic carbocycles. The van der Waals surface area contributed by atoms with E-state index >= 15 is 0 Å². The summed E-state index contributed by atoms with van der Waals surface area (Å²) in [6, 6.07) is -0.625. The highest BCUT2D eigenvalue weighted by atomic mass is 19.4. The van der Waals surface area contributed by atoms with Gasteiger partial charge >= 0.3 is 6.18 Å². The molecule has 1 rings (SSSR count). The fraction of sp³-hybridized carbons (Fsp3) is 0.500. The first kappa shape index (κ1) is 11.9. The highest BCUT2D eigenvalue weighted by Gasteiger charge is 2.28. The largest absolute Gasteiger partial charge is 0.389 e. The Morgan fingerprint density at radius 1 is 1.40 bits per heavy atom. The van der Waals surface area contributed by atoms with Gasteiger partial charge in [0.1, 0.15) is 0 Å². The Kier molecular flexibility index (Phi) is 3.98. The molecule has 0 saturated carbocycles. The molecule has 0 fully saturated rings. The van der Waals surface area contributed by atoms with E-state index < -0.39 is 18.6 Å². The van der Waals surface area contributed by atoms with Crippen LogP contribution in [0.2, 0.25) is 0 Å². The third-order valence-corrected chi connectivity index (χ3v) is 1.86. The molecule has 1 aromatic heterocycles. The van der Waals surface area contributed by atoms with E-state index in [1.165, 1.54) is 18.6 Å². The molecule has 0 aliphatic rings.